The summed E-state index contributed by atoms with van der Waals surface area (Å²) in [6.45, 7) is 8.85. The zero-order valence-electron chi connectivity index (χ0n) is 15.4. The highest BCUT2D eigenvalue weighted by Crippen LogP contribution is 2.12. The molecule has 0 aromatic heterocycles. The number of hydrogen-bond donors (Lipinski definition) is 2. The van der Waals surface area contributed by atoms with Gasteiger partial charge in [0.2, 0.25) is 0 Å². The van der Waals surface area contributed by atoms with Crippen molar-refractivity contribution in [3.8, 4) is 0 Å². The molecule has 6 nitrogen and oxygen atoms in total. The predicted molar refractivity (Wildman–Crippen MR) is 98.6 cm³/mol. The molecule has 0 bridgehead atoms. The van der Waals surface area contributed by atoms with E-state index in [0.29, 0.717) is 5.92 Å². The number of aliphatic imine (C=N–C) groups is 1. The zero-order valence-corrected chi connectivity index (χ0v) is 15.4. The molecule has 2 heterocycles. The molecule has 140 valence electrons. The van der Waals surface area contributed by atoms with Crippen LogP contribution < -0.4 is 10.6 Å². The molecule has 0 radical (unpaired) electrons. The van der Waals surface area contributed by atoms with Crippen LogP contribution in [0.4, 0.5) is 0 Å². The Labute approximate surface area is 147 Å². The first-order valence-electron chi connectivity index (χ1n) is 9.71. The van der Waals surface area contributed by atoms with Crippen molar-refractivity contribution in [3.05, 3.63) is 0 Å². The van der Waals surface area contributed by atoms with E-state index in [1.807, 2.05) is 7.05 Å². The SMILES string of the molecule is CN=C(NCCCOCC1CCOC1)NCCN1CCCCCC1. The third kappa shape index (κ3) is 8.31. The number of likely N-dealkylation sites (tertiary alicyclic amines) is 1. The third-order valence-corrected chi connectivity index (χ3v) is 4.78. The van der Waals surface area contributed by atoms with Crippen LogP contribution in [-0.2, 0) is 9.47 Å². The minimum Gasteiger partial charge on any atom is -0.381 e. The maximum Gasteiger partial charge on any atom is 0.191 e. The topological polar surface area (TPSA) is 58.1 Å². The maximum absolute atomic E-state index is 5.72. The Hall–Kier alpha value is -0.850. The van der Waals surface area contributed by atoms with E-state index in [1.54, 1.807) is 0 Å². The van der Waals surface area contributed by atoms with Crippen molar-refractivity contribution in [3.63, 3.8) is 0 Å². The van der Waals surface area contributed by atoms with Crippen molar-refractivity contribution < 1.29 is 9.47 Å². The highest BCUT2D eigenvalue weighted by Gasteiger charge is 2.15. The largest absolute Gasteiger partial charge is 0.381 e. The second-order valence-corrected chi connectivity index (χ2v) is 6.84. The molecule has 0 aliphatic carbocycles. The van der Waals surface area contributed by atoms with Crippen LogP contribution in [0.1, 0.15) is 38.5 Å². The van der Waals surface area contributed by atoms with Crippen molar-refractivity contribution in [2.45, 2.75) is 38.5 Å². The molecule has 2 saturated heterocycles. The van der Waals surface area contributed by atoms with Gasteiger partial charge >= 0.3 is 0 Å². The Morgan fingerprint density at radius 3 is 2.67 bits per heavy atom. The van der Waals surface area contributed by atoms with Gasteiger partial charge in [-0.25, -0.2) is 0 Å². The van der Waals surface area contributed by atoms with Crippen molar-refractivity contribution in [2.24, 2.45) is 10.9 Å². The second-order valence-electron chi connectivity index (χ2n) is 6.84. The lowest BCUT2D eigenvalue weighted by Crippen LogP contribution is -2.42. The highest BCUT2D eigenvalue weighted by molar-refractivity contribution is 5.79. The summed E-state index contributed by atoms with van der Waals surface area (Å²) in [4.78, 5) is 6.85. The quantitative estimate of drug-likeness (QED) is 0.378. The van der Waals surface area contributed by atoms with Gasteiger partial charge in [-0.3, -0.25) is 4.99 Å². The van der Waals surface area contributed by atoms with E-state index >= 15 is 0 Å². The van der Waals surface area contributed by atoms with E-state index < -0.39 is 0 Å². The Morgan fingerprint density at radius 1 is 1.17 bits per heavy atom. The molecular formula is C18H36N4O2. The second kappa shape index (κ2) is 12.5. The van der Waals surface area contributed by atoms with Gasteiger partial charge in [-0.05, 0) is 38.8 Å². The van der Waals surface area contributed by atoms with Gasteiger partial charge in [0.1, 0.15) is 0 Å². The van der Waals surface area contributed by atoms with Crippen molar-refractivity contribution >= 4 is 5.96 Å². The summed E-state index contributed by atoms with van der Waals surface area (Å²) >= 11 is 0. The smallest absolute Gasteiger partial charge is 0.191 e. The summed E-state index contributed by atoms with van der Waals surface area (Å²) in [5.74, 6) is 1.50. The fraction of sp³-hybridized carbons (Fsp3) is 0.944. The minimum atomic E-state index is 0.603. The van der Waals surface area contributed by atoms with Crippen LogP contribution >= 0.6 is 0 Å². The fourth-order valence-corrected chi connectivity index (χ4v) is 3.26. The average molecular weight is 341 g/mol. The molecule has 0 saturated carbocycles. The fourth-order valence-electron chi connectivity index (χ4n) is 3.26. The number of nitrogens with one attached hydrogen (secondary N) is 2. The van der Waals surface area contributed by atoms with E-state index in [9.17, 15) is 0 Å². The van der Waals surface area contributed by atoms with Crippen LogP contribution in [0.15, 0.2) is 4.99 Å². The molecule has 2 rings (SSSR count). The van der Waals surface area contributed by atoms with Gasteiger partial charge in [-0.15, -0.1) is 0 Å². The van der Waals surface area contributed by atoms with Crippen LogP contribution in [0.25, 0.3) is 0 Å². The Bertz CT molecular complexity index is 338. The molecule has 0 aromatic rings. The van der Waals surface area contributed by atoms with Gasteiger partial charge in [-0.1, -0.05) is 12.8 Å². The van der Waals surface area contributed by atoms with Gasteiger partial charge < -0.3 is 25.0 Å². The lowest BCUT2D eigenvalue weighted by atomic mass is 10.1. The molecule has 1 unspecified atom stereocenters. The predicted octanol–water partition coefficient (Wildman–Crippen LogP) is 1.47. The van der Waals surface area contributed by atoms with Crippen LogP contribution in [0.2, 0.25) is 0 Å². The zero-order chi connectivity index (χ0) is 16.9. The molecule has 1 atom stereocenters. The van der Waals surface area contributed by atoms with Gasteiger partial charge in [0, 0.05) is 45.8 Å². The summed E-state index contributed by atoms with van der Waals surface area (Å²) in [6, 6.07) is 0. The summed E-state index contributed by atoms with van der Waals surface area (Å²) in [7, 11) is 1.83. The van der Waals surface area contributed by atoms with E-state index in [1.165, 1.54) is 38.8 Å². The average Bonchev–Trinajstić information content (AvgIpc) is 2.98. The van der Waals surface area contributed by atoms with E-state index in [4.69, 9.17) is 9.47 Å². The lowest BCUT2D eigenvalue weighted by molar-refractivity contribution is 0.0888. The van der Waals surface area contributed by atoms with Gasteiger partial charge in [0.05, 0.1) is 13.2 Å². The highest BCUT2D eigenvalue weighted by atomic mass is 16.5. The third-order valence-electron chi connectivity index (χ3n) is 4.78. The summed E-state index contributed by atoms with van der Waals surface area (Å²) < 4.78 is 11.1. The molecule has 2 aliphatic rings. The van der Waals surface area contributed by atoms with Crippen LogP contribution in [0.5, 0.6) is 0 Å². The van der Waals surface area contributed by atoms with Gasteiger partial charge in [-0.2, -0.15) is 0 Å². The van der Waals surface area contributed by atoms with Gasteiger partial charge in [0.25, 0.3) is 0 Å². The molecule has 0 amide bonds. The molecular weight excluding hydrogens is 304 g/mol. The molecule has 0 spiro atoms. The number of guanidine groups is 1. The number of rotatable bonds is 9. The molecule has 2 aliphatic heterocycles. The Kier molecular flexibility index (Phi) is 10.1. The standard InChI is InChI=1S/C18H36N4O2/c1-19-18(21-9-12-22-10-4-2-3-5-11-22)20-8-6-13-23-15-17-7-14-24-16-17/h17H,2-16H2,1H3,(H2,19,20,21). The monoisotopic (exact) mass is 340 g/mol. The van der Waals surface area contributed by atoms with Crippen LogP contribution in [0.3, 0.4) is 0 Å². The first kappa shape index (κ1) is 19.5. The van der Waals surface area contributed by atoms with E-state index in [0.717, 1.165) is 64.9 Å². The van der Waals surface area contributed by atoms with Crippen LogP contribution in [-0.4, -0.2) is 77.1 Å². The normalized spacial score (nSPS) is 23.2. The number of nitrogens with zero attached hydrogens (tertiary/aromatic N) is 2. The summed E-state index contributed by atoms with van der Waals surface area (Å²) in [6.07, 6.45) is 7.62. The van der Waals surface area contributed by atoms with Gasteiger partial charge in [0.15, 0.2) is 5.96 Å². The van der Waals surface area contributed by atoms with Crippen molar-refractivity contribution in [1.82, 2.24) is 15.5 Å². The van der Waals surface area contributed by atoms with Crippen molar-refractivity contribution in [2.75, 3.05) is 66.2 Å². The first-order valence-corrected chi connectivity index (χ1v) is 9.71. The molecule has 6 heteroatoms. The van der Waals surface area contributed by atoms with Crippen LogP contribution in [0, 0.1) is 5.92 Å². The Balaban J connectivity index is 1.44. The summed E-state index contributed by atoms with van der Waals surface area (Å²) in [5.41, 5.74) is 0. The van der Waals surface area contributed by atoms with E-state index in [-0.39, 0.29) is 0 Å². The first-order chi connectivity index (χ1) is 11.9. The number of hydrogen-bond acceptors (Lipinski definition) is 4. The number of ether oxygens (including phenoxy) is 2. The van der Waals surface area contributed by atoms with Crippen molar-refractivity contribution in [1.29, 1.82) is 0 Å². The molecule has 0 aromatic carbocycles. The molecule has 2 N–H and O–H groups in total. The maximum atomic E-state index is 5.72. The Morgan fingerprint density at radius 2 is 1.96 bits per heavy atom. The lowest BCUT2D eigenvalue weighted by Gasteiger charge is -2.20. The minimum absolute atomic E-state index is 0.603. The summed E-state index contributed by atoms with van der Waals surface area (Å²) in [5, 5.41) is 6.78. The molecule has 2 fully saturated rings. The van der Waals surface area contributed by atoms with E-state index in [2.05, 4.69) is 20.5 Å². The molecule has 24 heavy (non-hydrogen) atoms.